The highest BCUT2D eigenvalue weighted by Crippen LogP contribution is 2.17. The average Bonchev–Trinajstić information content (AvgIpc) is 2.79. The molecule has 1 N–H and O–H groups in total. The number of benzene rings is 1. The van der Waals surface area contributed by atoms with Crippen molar-refractivity contribution < 1.29 is 4.79 Å². The molecule has 0 atom stereocenters. The topological polar surface area (TPSA) is 74.2 Å². The number of rotatable bonds is 6. The number of carbonyl (C=O) groups excluding carboxylic acids is 1. The van der Waals surface area contributed by atoms with Crippen LogP contribution in [0.4, 0.5) is 17.5 Å². The second-order valence-electron chi connectivity index (χ2n) is 6.97. The van der Waals surface area contributed by atoms with Gasteiger partial charge in [0.2, 0.25) is 5.91 Å². The van der Waals surface area contributed by atoms with Crippen molar-refractivity contribution in [2.24, 2.45) is 0 Å². The highest BCUT2D eigenvalue weighted by Gasteiger charge is 2.21. The van der Waals surface area contributed by atoms with Gasteiger partial charge in [-0.3, -0.25) is 4.79 Å². The van der Waals surface area contributed by atoms with Crippen LogP contribution in [-0.4, -0.2) is 52.2 Å². The molecule has 1 aliphatic rings. The predicted molar refractivity (Wildman–Crippen MR) is 113 cm³/mol. The summed E-state index contributed by atoms with van der Waals surface area (Å²) in [5.74, 6) is 2.43. The van der Waals surface area contributed by atoms with E-state index in [4.69, 9.17) is 0 Å². The summed E-state index contributed by atoms with van der Waals surface area (Å²) in [6, 6.07) is 19.7. The van der Waals surface area contributed by atoms with E-state index in [0.717, 1.165) is 31.1 Å². The first-order chi connectivity index (χ1) is 14.3. The molecule has 29 heavy (non-hydrogen) atoms. The van der Waals surface area contributed by atoms with Gasteiger partial charge in [0, 0.05) is 38.8 Å². The predicted octanol–water partition coefficient (Wildman–Crippen LogP) is 2.90. The van der Waals surface area contributed by atoms with Crippen LogP contribution in [0.5, 0.6) is 0 Å². The summed E-state index contributed by atoms with van der Waals surface area (Å²) in [4.78, 5) is 20.8. The quantitative estimate of drug-likeness (QED) is 0.700. The molecule has 0 radical (unpaired) electrons. The molecular formula is C22H24N6O. The third-order valence-electron chi connectivity index (χ3n) is 5.00. The third-order valence-corrected chi connectivity index (χ3v) is 5.00. The van der Waals surface area contributed by atoms with Gasteiger partial charge in [-0.15, -0.1) is 10.2 Å². The van der Waals surface area contributed by atoms with Crippen LogP contribution < -0.4 is 10.2 Å². The Kier molecular flexibility index (Phi) is 5.95. The van der Waals surface area contributed by atoms with Crippen LogP contribution in [0.2, 0.25) is 0 Å². The van der Waals surface area contributed by atoms with Crippen LogP contribution in [0, 0.1) is 0 Å². The summed E-state index contributed by atoms with van der Waals surface area (Å²) in [6.45, 7) is 2.95. The van der Waals surface area contributed by atoms with Crippen molar-refractivity contribution in [2.75, 3.05) is 36.4 Å². The van der Waals surface area contributed by atoms with Crippen LogP contribution >= 0.6 is 0 Å². The Bertz CT molecular complexity index is 909. The Balaban J connectivity index is 1.26. The number of hydrogen-bond acceptors (Lipinski definition) is 6. The molecule has 7 nitrogen and oxygen atoms in total. The lowest BCUT2D eigenvalue weighted by atomic mass is 10.1. The molecule has 0 aliphatic carbocycles. The number of nitrogens with zero attached hydrogens (tertiary/aromatic N) is 5. The van der Waals surface area contributed by atoms with E-state index in [1.54, 1.807) is 6.20 Å². The number of anilines is 3. The number of amides is 1. The second kappa shape index (κ2) is 9.14. The SMILES string of the molecule is O=C(CCc1ccccc1)N1CCN(c2ccc(Nc3ccccn3)nn2)CC1. The van der Waals surface area contributed by atoms with Gasteiger partial charge in [-0.1, -0.05) is 36.4 Å². The summed E-state index contributed by atoms with van der Waals surface area (Å²) < 4.78 is 0. The molecule has 2 aromatic heterocycles. The number of aromatic nitrogens is 3. The Morgan fingerprint density at radius 3 is 2.34 bits per heavy atom. The Hall–Kier alpha value is -3.48. The third kappa shape index (κ3) is 5.07. The maximum atomic E-state index is 12.5. The lowest BCUT2D eigenvalue weighted by Crippen LogP contribution is -2.49. The van der Waals surface area contributed by atoms with Crippen molar-refractivity contribution in [1.82, 2.24) is 20.1 Å². The van der Waals surface area contributed by atoms with Gasteiger partial charge in [-0.25, -0.2) is 4.98 Å². The maximum absolute atomic E-state index is 12.5. The van der Waals surface area contributed by atoms with Crippen LogP contribution in [0.15, 0.2) is 66.9 Å². The first kappa shape index (κ1) is 18.9. The molecule has 0 bridgehead atoms. The highest BCUT2D eigenvalue weighted by molar-refractivity contribution is 5.76. The number of aryl methyl sites for hydroxylation is 1. The molecule has 0 unspecified atom stereocenters. The van der Waals surface area contributed by atoms with Crippen molar-refractivity contribution in [3.8, 4) is 0 Å². The van der Waals surface area contributed by atoms with E-state index < -0.39 is 0 Å². The molecule has 3 heterocycles. The van der Waals surface area contributed by atoms with Crippen molar-refractivity contribution in [3.05, 3.63) is 72.4 Å². The van der Waals surface area contributed by atoms with Gasteiger partial charge >= 0.3 is 0 Å². The summed E-state index contributed by atoms with van der Waals surface area (Å²) in [5, 5.41) is 11.7. The van der Waals surface area contributed by atoms with E-state index in [2.05, 4.69) is 37.5 Å². The summed E-state index contributed by atoms with van der Waals surface area (Å²) in [6.07, 6.45) is 3.07. The highest BCUT2D eigenvalue weighted by atomic mass is 16.2. The molecule has 1 fully saturated rings. The normalized spacial score (nSPS) is 13.9. The largest absolute Gasteiger partial charge is 0.352 e. The molecule has 4 rings (SSSR count). The van der Waals surface area contributed by atoms with E-state index in [1.807, 2.05) is 53.4 Å². The number of nitrogens with one attached hydrogen (secondary N) is 1. The zero-order valence-electron chi connectivity index (χ0n) is 16.2. The van der Waals surface area contributed by atoms with Crippen molar-refractivity contribution in [3.63, 3.8) is 0 Å². The minimum Gasteiger partial charge on any atom is -0.352 e. The van der Waals surface area contributed by atoms with Gasteiger partial charge in [0.25, 0.3) is 0 Å². The zero-order valence-corrected chi connectivity index (χ0v) is 16.2. The second-order valence-corrected chi connectivity index (χ2v) is 6.97. The van der Waals surface area contributed by atoms with Gasteiger partial charge in [-0.2, -0.15) is 0 Å². The molecule has 1 saturated heterocycles. The summed E-state index contributed by atoms with van der Waals surface area (Å²) in [7, 11) is 0. The van der Waals surface area contributed by atoms with Crippen LogP contribution in [0.3, 0.4) is 0 Å². The fraction of sp³-hybridized carbons (Fsp3) is 0.273. The Labute approximate surface area is 170 Å². The number of carbonyl (C=O) groups is 1. The minimum atomic E-state index is 0.217. The number of hydrogen-bond donors (Lipinski definition) is 1. The van der Waals surface area contributed by atoms with Crippen LogP contribution in [-0.2, 0) is 11.2 Å². The van der Waals surface area contributed by atoms with Crippen molar-refractivity contribution >= 4 is 23.4 Å². The zero-order chi connectivity index (χ0) is 19.9. The van der Waals surface area contributed by atoms with Gasteiger partial charge < -0.3 is 15.1 Å². The molecule has 1 aliphatic heterocycles. The maximum Gasteiger partial charge on any atom is 0.223 e. The van der Waals surface area contributed by atoms with Gasteiger partial charge in [0.15, 0.2) is 11.6 Å². The van der Waals surface area contributed by atoms with E-state index in [9.17, 15) is 4.79 Å². The standard InChI is InChI=1S/C22H24N6O/c29-22(12-9-18-6-2-1-3-7-18)28-16-14-27(15-17-28)21-11-10-20(25-26-21)24-19-8-4-5-13-23-19/h1-8,10-11,13H,9,12,14-17H2,(H,23,24,25). The monoisotopic (exact) mass is 388 g/mol. The lowest BCUT2D eigenvalue weighted by molar-refractivity contribution is -0.131. The van der Waals surface area contributed by atoms with E-state index in [1.165, 1.54) is 5.56 Å². The van der Waals surface area contributed by atoms with Crippen molar-refractivity contribution in [1.29, 1.82) is 0 Å². The summed E-state index contributed by atoms with van der Waals surface area (Å²) >= 11 is 0. The average molecular weight is 388 g/mol. The fourth-order valence-corrected chi connectivity index (χ4v) is 3.37. The molecular weight excluding hydrogens is 364 g/mol. The van der Waals surface area contributed by atoms with Gasteiger partial charge in [0.05, 0.1) is 0 Å². The molecule has 0 saturated carbocycles. The van der Waals surface area contributed by atoms with E-state index >= 15 is 0 Å². The summed E-state index contributed by atoms with van der Waals surface area (Å²) in [5.41, 5.74) is 1.20. The van der Waals surface area contributed by atoms with Crippen LogP contribution in [0.1, 0.15) is 12.0 Å². The molecule has 7 heteroatoms. The van der Waals surface area contributed by atoms with Crippen LogP contribution in [0.25, 0.3) is 0 Å². The lowest BCUT2D eigenvalue weighted by Gasteiger charge is -2.35. The van der Waals surface area contributed by atoms with E-state index in [-0.39, 0.29) is 5.91 Å². The first-order valence-corrected chi connectivity index (χ1v) is 9.86. The molecule has 3 aromatic rings. The molecule has 148 valence electrons. The van der Waals surface area contributed by atoms with E-state index in [0.29, 0.717) is 25.3 Å². The number of pyridine rings is 1. The van der Waals surface area contributed by atoms with Gasteiger partial charge in [0.1, 0.15) is 5.82 Å². The minimum absolute atomic E-state index is 0.217. The smallest absolute Gasteiger partial charge is 0.223 e. The Morgan fingerprint density at radius 1 is 0.862 bits per heavy atom. The fourth-order valence-electron chi connectivity index (χ4n) is 3.37. The number of piperazine rings is 1. The molecule has 0 spiro atoms. The Morgan fingerprint density at radius 2 is 1.66 bits per heavy atom. The van der Waals surface area contributed by atoms with Crippen molar-refractivity contribution in [2.45, 2.75) is 12.8 Å². The molecule has 1 amide bonds. The first-order valence-electron chi connectivity index (χ1n) is 9.86. The molecule has 1 aromatic carbocycles. The van der Waals surface area contributed by atoms with Gasteiger partial charge in [-0.05, 0) is 36.2 Å².